The minimum Gasteiger partial charge on any atom is -0.465 e. The van der Waals surface area contributed by atoms with Crippen LogP contribution in [0, 0.1) is 10.1 Å². The summed E-state index contributed by atoms with van der Waals surface area (Å²) in [5, 5.41) is 11.2. The molecule has 0 N–H and O–H groups in total. The summed E-state index contributed by atoms with van der Waals surface area (Å²) in [5.74, 6) is -0.464. The number of anilines is 1. The predicted molar refractivity (Wildman–Crippen MR) is 80.8 cm³/mol. The summed E-state index contributed by atoms with van der Waals surface area (Å²) in [4.78, 5) is 27.8. The number of esters is 1. The number of aromatic nitrogens is 1. The molecule has 1 aromatic heterocycles. The Morgan fingerprint density at radius 1 is 1.36 bits per heavy atom. The van der Waals surface area contributed by atoms with Crippen LogP contribution < -0.4 is 4.90 Å². The fraction of sp³-hybridized carbons (Fsp3) is 0.200. The van der Waals surface area contributed by atoms with Crippen molar-refractivity contribution in [3.63, 3.8) is 0 Å². The van der Waals surface area contributed by atoms with E-state index in [9.17, 15) is 14.9 Å². The Balaban J connectivity index is 2.33. The van der Waals surface area contributed by atoms with Gasteiger partial charge >= 0.3 is 11.7 Å². The van der Waals surface area contributed by atoms with Crippen LogP contribution in [0.4, 0.5) is 11.5 Å². The molecular formula is C15H15N3O4. The third-order valence-corrected chi connectivity index (χ3v) is 3.09. The van der Waals surface area contributed by atoms with E-state index in [4.69, 9.17) is 0 Å². The maximum Gasteiger partial charge on any atom is 0.339 e. The largest absolute Gasteiger partial charge is 0.465 e. The van der Waals surface area contributed by atoms with Crippen LogP contribution in [0.15, 0.2) is 42.6 Å². The van der Waals surface area contributed by atoms with Crippen LogP contribution in [0.5, 0.6) is 0 Å². The molecule has 1 heterocycles. The van der Waals surface area contributed by atoms with Gasteiger partial charge in [-0.3, -0.25) is 10.1 Å². The summed E-state index contributed by atoms with van der Waals surface area (Å²) < 4.78 is 4.55. The number of nitro groups is 1. The van der Waals surface area contributed by atoms with Gasteiger partial charge in [0.1, 0.15) is 0 Å². The van der Waals surface area contributed by atoms with Crippen LogP contribution >= 0.6 is 0 Å². The fourth-order valence-corrected chi connectivity index (χ4v) is 2.04. The molecule has 7 nitrogen and oxygen atoms in total. The number of rotatable bonds is 5. The van der Waals surface area contributed by atoms with Gasteiger partial charge in [0, 0.05) is 25.9 Å². The molecule has 2 aromatic rings. The summed E-state index contributed by atoms with van der Waals surface area (Å²) in [7, 11) is 2.92. The minimum atomic E-state index is -0.659. The fourth-order valence-electron chi connectivity index (χ4n) is 2.04. The van der Waals surface area contributed by atoms with Gasteiger partial charge < -0.3 is 9.64 Å². The molecule has 114 valence electrons. The standard InChI is InChI=1S/C15H15N3O4/c1-17(10-11-6-4-3-5-7-11)14-13(18(20)21)8-12(9-16-14)15(19)22-2/h3-9H,10H2,1-2H3. The molecule has 0 aliphatic carbocycles. The summed E-state index contributed by atoms with van der Waals surface area (Å²) in [6.45, 7) is 0.465. The molecule has 0 spiro atoms. The van der Waals surface area contributed by atoms with E-state index in [2.05, 4.69) is 9.72 Å². The van der Waals surface area contributed by atoms with Crippen molar-refractivity contribution < 1.29 is 14.5 Å². The molecule has 0 saturated heterocycles. The van der Waals surface area contributed by atoms with Gasteiger partial charge in [-0.25, -0.2) is 9.78 Å². The number of carbonyl (C=O) groups is 1. The third kappa shape index (κ3) is 3.38. The van der Waals surface area contributed by atoms with Crippen LogP contribution in [0.3, 0.4) is 0 Å². The lowest BCUT2D eigenvalue weighted by molar-refractivity contribution is -0.384. The van der Waals surface area contributed by atoms with Crippen LogP contribution in [-0.4, -0.2) is 30.0 Å². The van der Waals surface area contributed by atoms with Crippen molar-refractivity contribution in [3.05, 3.63) is 63.8 Å². The summed E-state index contributed by atoms with van der Waals surface area (Å²) in [6, 6.07) is 10.7. The highest BCUT2D eigenvalue weighted by atomic mass is 16.6. The van der Waals surface area contributed by atoms with Gasteiger partial charge in [0.05, 0.1) is 17.6 Å². The van der Waals surface area contributed by atoms with E-state index < -0.39 is 10.9 Å². The second-order valence-electron chi connectivity index (χ2n) is 4.66. The maximum absolute atomic E-state index is 11.5. The highest BCUT2D eigenvalue weighted by Crippen LogP contribution is 2.27. The summed E-state index contributed by atoms with van der Waals surface area (Å²) in [6.07, 6.45) is 1.27. The second-order valence-corrected chi connectivity index (χ2v) is 4.66. The number of nitrogens with zero attached hydrogens (tertiary/aromatic N) is 3. The Morgan fingerprint density at radius 2 is 2.05 bits per heavy atom. The topological polar surface area (TPSA) is 85.6 Å². The average Bonchev–Trinajstić information content (AvgIpc) is 2.54. The molecule has 0 aliphatic heterocycles. The first kappa shape index (κ1) is 15.4. The van der Waals surface area contributed by atoms with Crippen molar-refractivity contribution in [2.75, 3.05) is 19.1 Å². The molecule has 0 amide bonds. The first-order chi connectivity index (χ1) is 10.5. The Labute approximate surface area is 127 Å². The Kier molecular flexibility index (Phi) is 4.67. The smallest absolute Gasteiger partial charge is 0.339 e. The van der Waals surface area contributed by atoms with Crippen LogP contribution in [-0.2, 0) is 11.3 Å². The molecule has 0 aliphatic rings. The van der Waals surface area contributed by atoms with E-state index in [1.807, 2.05) is 30.3 Å². The Bertz CT molecular complexity index is 688. The van der Waals surface area contributed by atoms with Gasteiger partial charge in [-0.15, -0.1) is 0 Å². The molecule has 2 rings (SSSR count). The molecule has 0 saturated carbocycles. The first-order valence-electron chi connectivity index (χ1n) is 6.50. The lowest BCUT2D eigenvalue weighted by atomic mass is 10.2. The Hall–Kier alpha value is -2.96. The monoisotopic (exact) mass is 301 g/mol. The van der Waals surface area contributed by atoms with Gasteiger partial charge in [-0.2, -0.15) is 0 Å². The molecule has 0 radical (unpaired) electrons. The highest BCUT2D eigenvalue weighted by molar-refractivity contribution is 5.90. The van der Waals surface area contributed by atoms with Crippen molar-refractivity contribution in [2.24, 2.45) is 0 Å². The van der Waals surface area contributed by atoms with Gasteiger partial charge in [0.15, 0.2) is 0 Å². The first-order valence-corrected chi connectivity index (χ1v) is 6.50. The maximum atomic E-state index is 11.5. The third-order valence-electron chi connectivity index (χ3n) is 3.09. The van der Waals surface area contributed by atoms with E-state index in [1.54, 1.807) is 11.9 Å². The summed E-state index contributed by atoms with van der Waals surface area (Å²) in [5.41, 5.74) is 0.811. The van der Waals surface area contributed by atoms with Crippen LogP contribution in [0.2, 0.25) is 0 Å². The molecule has 0 bridgehead atoms. The SMILES string of the molecule is COC(=O)c1cnc(N(C)Cc2ccccc2)c([N+](=O)[O-])c1. The van der Waals surface area contributed by atoms with E-state index >= 15 is 0 Å². The van der Waals surface area contributed by atoms with Crippen molar-refractivity contribution in [1.29, 1.82) is 0 Å². The summed E-state index contributed by atoms with van der Waals surface area (Å²) >= 11 is 0. The number of ether oxygens (including phenoxy) is 1. The van der Waals surface area contributed by atoms with Gasteiger partial charge in [-0.05, 0) is 5.56 Å². The van der Waals surface area contributed by atoms with Crippen molar-refractivity contribution in [1.82, 2.24) is 4.98 Å². The van der Waals surface area contributed by atoms with Crippen molar-refractivity contribution in [3.8, 4) is 0 Å². The lowest BCUT2D eigenvalue weighted by Gasteiger charge is -2.18. The molecule has 0 atom stereocenters. The van der Waals surface area contributed by atoms with Crippen LogP contribution in [0.25, 0.3) is 0 Å². The van der Waals surface area contributed by atoms with Gasteiger partial charge in [0.2, 0.25) is 5.82 Å². The number of benzene rings is 1. The molecular weight excluding hydrogens is 286 g/mol. The highest BCUT2D eigenvalue weighted by Gasteiger charge is 2.22. The quantitative estimate of drug-likeness (QED) is 0.479. The van der Waals surface area contributed by atoms with E-state index in [0.29, 0.717) is 6.54 Å². The zero-order valence-electron chi connectivity index (χ0n) is 12.2. The molecule has 22 heavy (non-hydrogen) atoms. The van der Waals surface area contributed by atoms with Gasteiger partial charge in [0.25, 0.3) is 0 Å². The Morgan fingerprint density at radius 3 is 2.64 bits per heavy atom. The molecule has 0 unspecified atom stereocenters. The van der Waals surface area contributed by atoms with E-state index in [1.165, 1.54) is 19.4 Å². The van der Waals surface area contributed by atoms with E-state index in [0.717, 1.165) is 5.56 Å². The number of carbonyl (C=O) groups excluding carboxylic acids is 1. The van der Waals surface area contributed by atoms with Crippen LogP contribution in [0.1, 0.15) is 15.9 Å². The molecule has 7 heteroatoms. The van der Waals surface area contributed by atoms with E-state index in [-0.39, 0.29) is 17.1 Å². The lowest BCUT2D eigenvalue weighted by Crippen LogP contribution is -2.19. The van der Waals surface area contributed by atoms with Crippen molar-refractivity contribution in [2.45, 2.75) is 6.54 Å². The minimum absolute atomic E-state index is 0.0473. The average molecular weight is 301 g/mol. The van der Waals surface area contributed by atoms with Crippen molar-refractivity contribution >= 4 is 17.5 Å². The van der Waals surface area contributed by atoms with Gasteiger partial charge in [-0.1, -0.05) is 30.3 Å². The number of methoxy groups -OCH3 is 1. The molecule has 0 fully saturated rings. The zero-order valence-corrected chi connectivity index (χ0v) is 12.2. The molecule has 1 aromatic carbocycles. The predicted octanol–water partition coefficient (Wildman–Crippen LogP) is 2.41. The number of hydrogen-bond donors (Lipinski definition) is 0. The second kappa shape index (κ2) is 6.66. The number of hydrogen-bond acceptors (Lipinski definition) is 6. The normalized spacial score (nSPS) is 10.1. The zero-order chi connectivity index (χ0) is 16.1. The number of pyridine rings is 1.